The van der Waals surface area contributed by atoms with Gasteiger partial charge in [0.1, 0.15) is 18.2 Å². The van der Waals surface area contributed by atoms with Crippen LogP contribution >= 0.6 is 0 Å². The first kappa shape index (κ1) is 19.8. The van der Waals surface area contributed by atoms with Crippen molar-refractivity contribution in [3.8, 4) is 12.3 Å². The first-order chi connectivity index (χ1) is 12.3. The molecule has 0 aliphatic carbocycles. The molecular formula is C20H26N2O4. The minimum absolute atomic E-state index is 0.160. The Labute approximate surface area is 155 Å². The number of esters is 1. The summed E-state index contributed by atoms with van der Waals surface area (Å²) in [6.45, 7) is 7.25. The fourth-order valence-electron chi connectivity index (χ4n) is 2.68. The zero-order chi connectivity index (χ0) is 19.2. The predicted molar refractivity (Wildman–Crippen MR) is 98.2 cm³/mol. The Balaban J connectivity index is 2.07. The molecular weight excluding hydrogens is 332 g/mol. The molecule has 1 aliphatic heterocycles. The van der Waals surface area contributed by atoms with Crippen LogP contribution in [-0.2, 0) is 20.9 Å². The number of terminal acetylenes is 1. The van der Waals surface area contributed by atoms with Crippen molar-refractivity contribution in [3.05, 3.63) is 35.9 Å². The number of piperazine rings is 1. The molecule has 26 heavy (non-hydrogen) atoms. The Morgan fingerprint density at radius 1 is 1.23 bits per heavy atom. The standard InChI is InChI=1S/C20H26N2O4/c1-5-11-21-12-13-22(19(24)26-20(2,3)4)17(14-21)18(23)25-15-16-9-7-6-8-10-16/h1,6-10,17H,11-15H2,2-4H3. The maximum atomic E-state index is 12.7. The number of nitrogens with zero attached hydrogens (tertiary/aromatic N) is 2. The van der Waals surface area contributed by atoms with Crippen LogP contribution in [0.4, 0.5) is 4.79 Å². The van der Waals surface area contributed by atoms with Crippen LogP contribution < -0.4 is 0 Å². The van der Waals surface area contributed by atoms with Gasteiger partial charge in [-0.1, -0.05) is 36.3 Å². The molecule has 6 nitrogen and oxygen atoms in total. The van der Waals surface area contributed by atoms with Gasteiger partial charge < -0.3 is 9.47 Å². The lowest BCUT2D eigenvalue weighted by Crippen LogP contribution is -2.59. The fraction of sp³-hybridized carbons (Fsp3) is 0.500. The molecule has 1 saturated heterocycles. The van der Waals surface area contributed by atoms with Gasteiger partial charge in [0, 0.05) is 19.6 Å². The van der Waals surface area contributed by atoms with E-state index in [0.29, 0.717) is 26.2 Å². The molecule has 1 amide bonds. The highest BCUT2D eigenvalue weighted by Crippen LogP contribution is 2.17. The van der Waals surface area contributed by atoms with Gasteiger partial charge in [-0.15, -0.1) is 6.42 Å². The monoisotopic (exact) mass is 358 g/mol. The van der Waals surface area contributed by atoms with Crippen LogP contribution in [0.15, 0.2) is 30.3 Å². The molecule has 140 valence electrons. The maximum Gasteiger partial charge on any atom is 0.411 e. The van der Waals surface area contributed by atoms with Crippen LogP contribution in [0.25, 0.3) is 0 Å². The van der Waals surface area contributed by atoms with E-state index in [9.17, 15) is 9.59 Å². The fourth-order valence-corrected chi connectivity index (χ4v) is 2.68. The van der Waals surface area contributed by atoms with Crippen molar-refractivity contribution in [2.45, 2.75) is 39.0 Å². The first-order valence-corrected chi connectivity index (χ1v) is 8.66. The molecule has 1 unspecified atom stereocenters. The SMILES string of the molecule is C#CCN1CCN(C(=O)OC(C)(C)C)C(C(=O)OCc2ccccc2)C1. The molecule has 1 aliphatic rings. The summed E-state index contributed by atoms with van der Waals surface area (Å²) in [5.41, 5.74) is 0.256. The summed E-state index contributed by atoms with van der Waals surface area (Å²) in [6, 6.07) is 8.68. The molecule has 6 heteroatoms. The van der Waals surface area contributed by atoms with Gasteiger partial charge in [0.2, 0.25) is 0 Å². The number of benzene rings is 1. The van der Waals surface area contributed by atoms with Gasteiger partial charge in [0.25, 0.3) is 0 Å². The number of carbonyl (C=O) groups excluding carboxylic acids is 2. The molecule has 0 saturated carbocycles. The van der Waals surface area contributed by atoms with Gasteiger partial charge in [0.05, 0.1) is 6.54 Å². The summed E-state index contributed by atoms with van der Waals surface area (Å²) in [5, 5.41) is 0. The zero-order valence-corrected chi connectivity index (χ0v) is 15.6. The second-order valence-corrected chi connectivity index (χ2v) is 7.22. The molecule has 2 rings (SSSR count). The number of rotatable bonds is 4. The van der Waals surface area contributed by atoms with Crippen LogP contribution in [0.5, 0.6) is 0 Å². The van der Waals surface area contributed by atoms with Crippen LogP contribution in [0.2, 0.25) is 0 Å². The van der Waals surface area contributed by atoms with E-state index in [0.717, 1.165) is 5.56 Å². The smallest absolute Gasteiger partial charge is 0.411 e. The van der Waals surface area contributed by atoms with Crippen molar-refractivity contribution in [3.63, 3.8) is 0 Å². The summed E-state index contributed by atoms with van der Waals surface area (Å²) in [6.07, 6.45) is 4.87. The number of hydrogen-bond acceptors (Lipinski definition) is 5. The van der Waals surface area contributed by atoms with E-state index in [1.807, 2.05) is 35.2 Å². The Bertz CT molecular complexity index is 661. The molecule has 1 aromatic carbocycles. The van der Waals surface area contributed by atoms with Gasteiger partial charge in [0.15, 0.2) is 0 Å². The normalized spacial score (nSPS) is 18.1. The van der Waals surface area contributed by atoms with E-state index < -0.39 is 23.7 Å². The van der Waals surface area contributed by atoms with Crippen molar-refractivity contribution >= 4 is 12.1 Å². The topological polar surface area (TPSA) is 59.1 Å². The van der Waals surface area contributed by atoms with Crippen LogP contribution in [0.1, 0.15) is 26.3 Å². The van der Waals surface area contributed by atoms with Gasteiger partial charge in [-0.05, 0) is 26.3 Å². The highest BCUT2D eigenvalue weighted by atomic mass is 16.6. The predicted octanol–water partition coefficient (Wildman–Crippen LogP) is 2.28. The van der Waals surface area contributed by atoms with E-state index in [1.54, 1.807) is 20.8 Å². The summed E-state index contributed by atoms with van der Waals surface area (Å²) in [5.74, 6) is 2.12. The van der Waals surface area contributed by atoms with Crippen molar-refractivity contribution in [1.29, 1.82) is 0 Å². The Morgan fingerprint density at radius 2 is 1.92 bits per heavy atom. The third kappa shape index (κ3) is 5.78. The molecule has 0 aromatic heterocycles. The lowest BCUT2D eigenvalue weighted by molar-refractivity contribution is -0.153. The highest BCUT2D eigenvalue weighted by molar-refractivity contribution is 5.82. The Kier molecular flexibility index (Phi) is 6.64. The van der Waals surface area contributed by atoms with Gasteiger partial charge >= 0.3 is 12.1 Å². The van der Waals surface area contributed by atoms with Crippen molar-refractivity contribution < 1.29 is 19.1 Å². The van der Waals surface area contributed by atoms with E-state index in [-0.39, 0.29) is 6.61 Å². The third-order valence-corrected chi connectivity index (χ3v) is 3.90. The lowest BCUT2D eigenvalue weighted by Gasteiger charge is -2.39. The second kappa shape index (κ2) is 8.72. The number of carbonyl (C=O) groups is 2. The van der Waals surface area contributed by atoms with Gasteiger partial charge in [-0.3, -0.25) is 9.80 Å². The zero-order valence-electron chi connectivity index (χ0n) is 15.6. The largest absolute Gasteiger partial charge is 0.459 e. The number of hydrogen-bond donors (Lipinski definition) is 0. The van der Waals surface area contributed by atoms with Crippen molar-refractivity contribution in [2.75, 3.05) is 26.2 Å². The molecule has 0 radical (unpaired) electrons. The van der Waals surface area contributed by atoms with Crippen LogP contribution in [0.3, 0.4) is 0 Å². The Hall–Kier alpha value is -2.52. The summed E-state index contributed by atoms with van der Waals surface area (Å²) < 4.78 is 10.9. The maximum absolute atomic E-state index is 12.7. The first-order valence-electron chi connectivity index (χ1n) is 8.66. The van der Waals surface area contributed by atoms with Gasteiger partial charge in [-0.2, -0.15) is 0 Å². The highest BCUT2D eigenvalue weighted by Gasteiger charge is 2.38. The summed E-state index contributed by atoms with van der Waals surface area (Å²) >= 11 is 0. The molecule has 1 atom stereocenters. The molecule has 0 bridgehead atoms. The second-order valence-electron chi connectivity index (χ2n) is 7.22. The lowest BCUT2D eigenvalue weighted by atomic mass is 10.1. The molecule has 0 spiro atoms. The summed E-state index contributed by atoms with van der Waals surface area (Å²) in [4.78, 5) is 28.5. The molecule has 1 fully saturated rings. The van der Waals surface area contributed by atoms with Crippen LogP contribution in [-0.4, -0.2) is 59.7 Å². The quantitative estimate of drug-likeness (QED) is 0.610. The number of amides is 1. The van der Waals surface area contributed by atoms with Crippen molar-refractivity contribution in [1.82, 2.24) is 9.80 Å². The molecule has 1 heterocycles. The summed E-state index contributed by atoms with van der Waals surface area (Å²) in [7, 11) is 0. The van der Waals surface area contributed by atoms with Crippen molar-refractivity contribution in [2.24, 2.45) is 0 Å². The minimum Gasteiger partial charge on any atom is -0.459 e. The van der Waals surface area contributed by atoms with E-state index in [2.05, 4.69) is 5.92 Å². The minimum atomic E-state index is -0.740. The average molecular weight is 358 g/mol. The number of ether oxygens (including phenoxy) is 2. The van der Waals surface area contributed by atoms with E-state index in [4.69, 9.17) is 15.9 Å². The van der Waals surface area contributed by atoms with E-state index >= 15 is 0 Å². The third-order valence-electron chi connectivity index (χ3n) is 3.90. The average Bonchev–Trinajstić information content (AvgIpc) is 2.59. The van der Waals surface area contributed by atoms with Gasteiger partial charge in [-0.25, -0.2) is 9.59 Å². The van der Waals surface area contributed by atoms with E-state index in [1.165, 1.54) is 4.90 Å². The molecule has 0 N–H and O–H groups in total. The molecule has 1 aromatic rings. The Morgan fingerprint density at radius 3 is 2.54 bits per heavy atom. The van der Waals surface area contributed by atoms with Crippen LogP contribution in [0, 0.1) is 12.3 Å².